The van der Waals surface area contributed by atoms with Crippen LogP contribution in [0, 0.1) is 0 Å². The van der Waals surface area contributed by atoms with Gasteiger partial charge in [0.15, 0.2) is 0 Å². The number of hydrogen-bond donors (Lipinski definition) is 2. The molecule has 0 aliphatic carbocycles. The first kappa shape index (κ1) is 18.2. The van der Waals surface area contributed by atoms with Gasteiger partial charge in [-0.1, -0.05) is 12.1 Å². The molecule has 3 unspecified atom stereocenters. The molecular formula is C20H26N4O2. The molecule has 2 aromatic rings. The zero-order chi connectivity index (χ0) is 18.5. The Morgan fingerprint density at radius 1 is 1.15 bits per heavy atom. The minimum Gasteiger partial charge on any atom is -0.372 e. The molecule has 0 radical (unpaired) electrons. The molecule has 1 aromatic carbocycles. The van der Waals surface area contributed by atoms with Crippen LogP contribution in [-0.4, -0.2) is 36.3 Å². The van der Waals surface area contributed by atoms with Crippen molar-refractivity contribution in [1.82, 2.24) is 10.3 Å². The molecule has 1 aliphatic heterocycles. The minimum absolute atomic E-state index is 0.103. The van der Waals surface area contributed by atoms with Crippen LogP contribution < -0.4 is 15.5 Å². The SMILES string of the molecule is CC1CN(c2ccccc2NC(=O)NC(C)c2ccncc2)CC(C)O1. The summed E-state index contributed by atoms with van der Waals surface area (Å²) < 4.78 is 5.81. The van der Waals surface area contributed by atoms with Gasteiger partial charge in [-0.3, -0.25) is 4.98 Å². The summed E-state index contributed by atoms with van der Waals surface area (Å²) in [6.45, 7) is 7.70. The number of aromatic nitrogens is 1. The van der Waals surface area contributed by atoms with E-state index < -0.39 is 0 Å². The Labute approximate surface area is 154 Å². The monoisotopic (exact) mass is 354 g/mol. The molecule has 1 aromatic heterocycles. The molecular weight excluding hydrogens is 328 g/mol. The van der Waals surface area contributed by atoms with Crippen LogP contribution >= 0.6 is 0 Å². The Bertz CT molecular complexity index is 728. The van der Waals surface area contributed by atoms with Crippen molar-refractivity contribution in [1.29, 1.82) is 0 Å². The highest BCUT2D eigenvalue weighted by Gasteiger charge is 2.24. The third-order valence-corrected chi connectivity index (χ3v) is 4.47. The molecule has 3 atom stereocenters. The third kappa shape index (κ3) is 4.52. The number of urea groups is 1. The Balaban J connectivity index is 1.69. The van der Waals surface area contributed by atoms with Gasteiger partial charge in [0.2, 0.25) is 0 Å². The third-order valence-electron chi connectivity index (χ3n) is 4.47. The first-order chi connectivity index (χ1) is 12.5. The molecule has 6 heteroatoms. The fourth-order valence-corrected chi connectivity index (χ4v) is 3.32. The van der Waals surface area contributed by atoms with Gasteiger partial charge in [-0.05, 0) is 50.6 Å². The van der Waals surface area contributed by atoms with E-state index in [9.17, 15) is 4.79 Å². The van der Waals surface area contributed by atoms with Crippen LogP contribution in [0.15, 0.2) is 48.8 Å². The number of benzene rings is 1. The van der Waals surface area contributed by atoms with E-state index in [1.165, 1.54) is 0 Å². The van der Waals surface area contributed by atoms with Crippen molar-refractivity contribution in [3.8, 4) is 0 Å². The van der Waals surface area contributed by atoms with Gasteiger partial charge in [-0.2, -0.15) is 0 Å². The number of carbonyl (C=O) groups is 1. The van der Waals surface area contributed by atoms with Gasteiger partial charge in [0.05, 0.1) is 29.6 Å². The summed E-state index contributed by atoms with van der Waals surface area (Å²) >= 11 is 0. The van der Waals surface area contributed by atoms with Crippen molar-refractivity contribution in [3.05, 3.63) is 54.4 Å². The number of anilines is 2. The quantitative estimate of drug-likeness (QED) is 0.881. The van der Waals surface area contributed by atoms with Crippen molar-refractivity contribution < 1.29 is 9.53 Å². The van der Waals surface area contributed by atoms with Crippen LogP contribution in [0.5, 0.6) is 0 Å². The van der Waals surface area contributed by atoms with Crippen molar-refractivity contribution in [2.75, 3.05) is 23.3 Å². The van der Waals surface area contributed by atoms with Crippen LogP contribution in [0.25, 0.3) is 0 Å². The molecule has 2 N–H and O–H groups in total. The summed E-state index contributed by atoms with van der Waals surface area (Å²) in [4.78, 5) is 18.7. The Morgan fingerprint density at radius 2 is 1.81 bits per heavy atom. The summed E-state index contributed by atoms with van der Waals surface area (Å²) in [6, 6.07) is 11.3. The second-order valence-corrected chi connectivity index (χ2v) is 6.78. The lowest BCUT2D eigenvalue weighted by Gasteiger charge is -2.37. The van der Waals surface area contributed by atoms with E-state index in [4.69, 9.17) is 4.74 Å². The van der Waals surface area contributed by atoms with Crippen molar-refractivity contribution >= 4 is 17.4 Å². The molecule has 1 fully saturated rings. The second-order valence-electron chi connectivity index (χ2n) is 6.78. The van der Waals surface area contributed by atoms with E-state index in [-0.39, 0.29) is 24.3 Å². The molecule has 1 saturated heterocycles. The molecule has 3 rings (SSSR count). The number of amides is 2. The van der Waals surface area contributed by atoms with Gasteiger partial charge < -0.3 is 20.3 Å². The van der Waals surface area contributed by atoms with Crippen LogP contribution in [0.3, 0.4) is 0 Å². The summed E-state index contributed by atoms with van der Waals surface area (Å²) in [6.07, 6.45) is 3.77. The molecule has 0 bridgehead atoms. The van der Waals surface area contributed by atoms with E-state index in [2.05, 4.69) is 34.4 Å². The van der Waals surface area contributed by atoms with Gasteiger partial charge in [0, 0.05) is 25.5 Å². The van der Waals surface area contributed by atoms with Gasteiger partial charge in [-0.15, -0.1) is 0 Å². The van der Waals surface area contributed by atoms with Crippen LogP contribution in [0.4, 0.5) is 16.2 Å². The Kier molecular flexibility index (Phi) is 5.73. The van der Waals surface area contributed by atoms with E-state index in [1.807, 2.05) is 43.3 Å². The maximum atomic E-state index is 12.5. The largest absolute Gasteiger partial charge is 0.372 e. The fourth-order valence-electron chi connectivity index (χ4n) is 3.32. The van der Waals surface area contributed by atoms with Gasteiger partial charge in [-0.25, -0.2) is 4.79 Å². The molecule has 26 heavy (non-hydrogen) atoms. The Morgan fingerprint density at radius 3 is 2.50 bits per heavy atom. The second kappa shape index (κ2) is 8.19. The number of ether oxygens (including phenoxy) is 1. The summed E-state index contributed by atoms with van der Waals surface area (Å²) in [5.41, 5.74) is 2.83. The first-order valence-electron chi connectivity index (χ1n) is 9.00. The van der Waals surface area contributed by atoms with Crippen molar-refractivity contribution in [3.63, 3.8) is 0 Å². The predicted octanol–water partition coefficient (Wildman–Crippen LogP) is 3.58. The summed E-state index contributed by atoms with van der Waals surface area (Å²) in [5.74, 6) is 0. The fraction of sp³-hybridized carbons (Fsp3) is 0.400. The summed E-state index contributed by atoms with van der Waals surface area (Å²) in [7, 11) is 0. The highest BCUT2D eigenvalue weighted by atomic mass is 16.5. The topological polar surface area (TPSA) is 66.5 Å². The standard InChI is InChI=1S/C20H26N4O2/c1-14-12-24(13-15(2)26-14)19-7-5-4-6-18(19)23-20(25)22-16(3)17-8-10-21-11-9-17/h4-11,14-16H,12-13H2,1-3H3,(H2,22,23,25). The number of rotatable bonds is 4. The number of nitrogens with one attached hydrogen (secondary N) is 2. The lowest BCUT2D eigenvalue weighted by atomic mass is 10.1. The molecule has 2 amide bonds. The lowest BCUT2D eigenvalue weighted by molar-refractivity contribution is -0.00517. The zero-order valence-electron chi connectivity index (χ0n) is 15.5. The van der Waals surface area contributed by atoms with Crippen molar-refractivity contribution in [2.24, 2.45) is 0 Å². The first-order valence-corrected chi connectivity index (χ1v) is 9.00. The number of hydrogen-bond acceptors (Lipinski definition) is 4. The number of para-hydroxylation sites is 2. The smallest absolute Gasteiger partial charge is 0.319 e. The average molecular weight is 354 g/mol. The molecule has 2 heterocycles. The number of nitrogens with zero attached hydrogens (tertiary/aromatic N) is 2. The molecule has 6 nitrogen and oxygen atoms in total. The maximum absolute atomic E-state index is 12.5. The highest BCUT2D eigenvalue weighted by molar-refractivity contribution is 5.93. The minimum atomic E-state index is -0.226. The maximum Gasteiger partial charge on any atom is 0.319 e. The van der Waals surface area contributed by atoms with Crippen LogP contribution in [0.2, 0.25) is 0 Å². The zero-order valence-corrected chi connectivity index (χ0v) is 15.5. The van der Waals surface area contributed by atoms with E-state index in [0.29, 0.717) is 0 Å². The molecule has 0 spiro atoms. The number of morpholine rings is 1. The molecule has 1 aliphatic rings. The van der Waals surface area contributed by atoms with Crippen LogP contribution in [0.1, 0.15) is 32.4 Å². The van der Waals surface area contributed by atoms with Crippen molar-refractivity contribution in [2.45, 2.75) is 39.0 Å². The predicted molar refractivity (Wildman–Crippen MR) is 103 cm³/mol. The lowest BCUT2D eigenvalue weighted by Crippen LogP contribution is -2.45. The van der Waals surface area contributed by atoms with E-state index in [1.54, 1.807) is 12.4 Å². The number of carbonyl (C=O) groups excluding carboxylic acids is 1. The summed E-state index contributed by atoms with van der Waals surface area (Å²) in [5, 5.41) is 5.96. The van der Waals surface area contributed by atoms with E-state index >= 15 is 0 Å². The van der Waals surface area contributed by atoms with Gasteiger partial charge in [0.1, 0.15) is 0 Å². The van der Waals surface area contributed by atoms with E-state index in [0.717, 1.165) is 30.0 Å². The van der Waals surface area contributed by atoms with Crippen LogP contribution in [-0.2, 0) is 4.74 Å². The highest BCUT2D eigenvalue weighted by Crippen LogP contribution is 2.28. The van der Waals surface area contributed by atoms with Gasteiger partial charge in [0.25, 0.3) is 0 Å². The average Bonchev–Trinajstić information content (AvgIpc) is 2.62. The molecule has 138 valence electrons. The van der Waals surface area contributed by atoms with Gasteiger partial charge >= 0.3 is 6.03 Å². The normalized spacial score (nSPS) is 21.1. The Hall–Kier alpha value is -2.60. The number of pyridine rings is 1. The molecule has 0 saturated carbocycles.